The summed E-state index contributed by atoms with van der Waals surface area (Å²) in [4.78, 5) is 5.95. The monoisotopic (exact) mass is 271 g/mol. The zero-order valence-corrected chi connectivity index (χ0v) is 12.0. The van der Waals surface area contributed by atoms with E-state index in [4.69, 9.17) is 5.73 Å². The van der Waals surface area contributed by atoms with Crippen LogP contribution in [0.15, 0.2) is 47.5 Å². The van der Waals surface area contributed by atoms with Gasteiger partial charge in [0.2, 0.25) is 0 Å². The van der Waals surface area contributed by atoms with E-state index >= 15 is 0 Å². The maximum absolute atomic E-state index is 5.06. The fourth-order valence-electron chi connectivity index (χ4n) is 1.95. The maximum Gasteiger partial charge on any atom is 0.282 e. The van der Waals surface area contributed by atoms with Crippen molar-refractivity contribution in [2.45, 2.75) is 6.92 Å². The molecular formula is C16H21N3O. The summed E-state index contributed by atoms with van der Waals surface area (Å²) >= 11 is 0. The van der Waals surface area contributed by atoms with E-state index in [9.17, 15) is 0 Å². The van der Waals surface area contributed by atoms with Gasteiger partial charge in [-0.3, -0.25) is 0 Å². The number of fused-ring (bicyclic) bond motifs is 1. The fraction of sp³-hybridized carbons (Fsp3) is 0.312. The third-order valence-electron chi connectivity index (χ3n) is 3.26. The molecule has 2 N–H and O–H groups in total. The Balaban J connectivity index is 0.000000205. The number of amidine groups is 1. The van der Waals surface area contributed by atoms with Gasteiger partial charge in [-0.25, -0.2) is 4.99 Å². The Labute approximate surface area is 119 Å². The van der Waals surface area contributed by atoms with Crippen LogP contribution in [0.2, 0.25) is 0 Å². The number of hydrogen-bond acceptors (Lipinski definition) is 4. The number of nitrogens with zero attached hydrogens (tertiary/aromatic N) is 2. The van der Waals surface area contributed by atoms with Crippen molar-refractivity contribution < 1.29 is 4.74 Å². The first kappa shape index (κ1) is 14.2. The van der Waals surface area contributed by atoms with Gasteiger partial charge in [-0.1, -0.05) is 30.3 Å². The van der Waals surface area contributed by atoms with E-state index in [0.29, 0.717) is 12.6 Å². The normalized spacial score (nSPS) is 13.2. The average Bonchev–Trinajstić information content (AvgIpc) is 2.97. The Morgan fingerprint density at radius 1 is 1.20 bits per heavy atom. The van der Waals surface area contributed by atoms with Crippen LogP contribution < -0.4 is 10.6 Å². The van der Waals surface area contributed by atoms with Crippen LogP contribution in [0.5, 0.6) is 0 Å². The van der Waals surface area contributed by atoms with Gasteiger partial charge in [0.25, 0.3) is 6.02 Å². The number of benzene rings is 2. The molecule has 0 atom stereocenters. The van der Waals surface area contributed by atoms with Crippen LogP contribution in [-0.4, -0.2) is 32.8 Å². The van der Waals surface area contributed by atoms with Gasteiger partial charge in [0.05, 0.1) is 6.54 Å². The van der Waals surface area contributed by atoms with Gasteiger partial charge >= 0.3 is 0 Å². The van der Waals surface area contributed by atoms with Gasteiger partial charge in [-0.2, -0.15) is 0 Å². The molecular weight excluding hydrogens is 250 g/mol. The van der Waals surface area contributed by atoms with Gasteiger partial charge in [0.1, 0.15) is 6.61 Å². The van der Waals surface area contributed by atoms with E-state index in [2.05, 4.69) is 71.1 Å². The molecule has 4 heteroatoms. The summed E-state index contributed by atoms with van der Waals surface area (Å²) in [7, 11) is 2.12. The zero-order chi connectivity index (χ0) is 14.4. The lowest BCUT2D eigenvalue weighted by atomic mass is 10.1. The first-order valence-corrected chi connectivity index (χ1v) is 6.83. The highest BCUT2D eigenvalue weighted by atomic mass is 16.5. The van der Waals surface area contributed by atoms with Crippen LogP contribution in [0.4, 0.5) is 5.69 Å². The van der Waals surface area contributed by atoms with Crippen LogP contribution in [0, 0.1) is 0 Å². The number of anilines is 1. The number of nitrogens with two attached hydrogens (primary N) is 1. The van der Waals surface area contributed by atoms with E-state index in [1.165, 1.54) is 16.5 Å². The van der Waals surface area contributed by atoms with E-state index in [1.54, 1.807) is 0 Å². The van der Waals surface area contributed by atoms with Crippen molar-refractivity contribution >= 4 is 22.5 Å². The largest absolute Gasteiger partial charge is 0.463 e. The number of ether oxygens (including phenoxy) is 1. The molecule has 1 aliphatic rings. The highest BCUT2D eigenvalue weighted by molar-refractivity contribution is 5.85. The SMILES string of the molecule is CCN(C)c1ccc2ccccc2c1.NC1=NCCO1. The summed E-state index contributed by atoms with van der Waals surface area (Å²) in [6, 6.07) is 15.4. The molecule has 1 aliphatic heterocycles. The van der Waals surface area contributed by atoms with Crippen molar-refractivity contribution in [1.82, 2.24) is 0 Å². The molecule has 2 aromatic carbocycles. The first-order chi connectivity index (χ1) is 9.70. The molecule has 106 valence electrons. The van der Waals surface area contributed by atoms with E-state index < -0.39 is 0 Å². The van der Waals surface area contributed by atoms with Gasteiger partial charge in [0, 0.05) is 19.3 Å². The predicted octanol–water partition coefficient (Wildman–Crippen LogP) is 2.63. The summed E-state index contributed by atoms with van der Waals surface area (Å²) in [5, 5.41) is 2.62. The average molecular weight is 271 g/mol. The summed E-state index contributed by atoms with van der Waals surface area (Å²) in [5.41, 5.74) is 6.35. The smallest absolute Gasteiger partial charge is 0.282 e. The van der Waals surface area contributed by atoms with Gasteiger partial charge in [0.15, 0.2) is 0 Å². The summed E-state index contributed by atoms with van der Waals surface area (Å²) in [6.07, 6.45) is 0. The highest BCUT2D eigenvalue weighted by Crippen LogP contribution is 2.20. The van der Waals surface area contributed by atoms with Crippen molar-refractivity contribution in [1.29, 1.82) is 0 Å². The van der Waals surface area contributed by atoms with Crippen LogP contribution in [-0.2, 0) is 4.74 Å². The Hall–Kier alpha value is -2.23. The second kappa shape index (κ2) is 6.80. The molecule has 1 heterocycles. The third kappa shape index (κ3) is 3.63. The minimum Gasteiger partial charge on any atom is -0.463 e. The van der Waals surface area contributed by atoms with Crippen LogP contribution in [0.25, 0.3) is 10.8 Å². The quantitative estimate of drug-likeness (QED) is 0.913. The van der Waals surface area contributed by atoms with Crippen LogP contribution in [0.3, 0.4) is 0 Å². The topological polar surface area (TPSA) is 50.8 Å². The molecule has 0 unspecified atom stereocenters. The molecule has 4 nitrogen and oxygen atoms in total. The molecule has 2 aromatic rings. The standard InChI is InChI=1S/C13H15N.C3H6N2O/c1-3-14(2)13-9-8-11-6-4-5-7-12(11)10-13;4-3-5-1-2-6-3/h4-10H,3H2,1-2H3;1-2H2,(H2,4,5). The minimum atomic E-state index is 0.329. The number of hydrogen-bond donors (Lipinski definition) is 1. The highest BCUT2D eigenvalue weighted by Gasteiger charge is 1.99. The van der Waals surface area contributed by atoms with Crippen molar-refractivity contribution in [2.75, 3.05) is 31.6 Å². The first-order valence-electron chi connectivity index (χ1n) is 6.83. The lowest BCUT2D eigenvalue weighted by molar-refractivity contribution is 0.342. The van der Waals surface area contributed by atoms with Gasteiger partial charge in [-0.05, 0) is 29.8 Å². The summed E-state index contributed by atoms with van der Waals surface area (Å²) in [5.74, 6) is 0. The maximum atomic E-state index is 5.06. The van der Waals surface area contributed by atoms with Crippen molar-refractivity contribution in [3.8, 4) is 0 Å². The van der Waals surface area contributed by atoms with Gasteiger partial charge in [-0.15, -0.1) is 0 Å². The van der Waals surface area contributed by atoms with Gasteiger partial charge < -0.3 is 15.4 Å². The van der Waals surface area contributed by atoms with E-state index in [1.807, 2.05) is 0 Å². The summed E-state index contributed by atoms with van der Waals surface area (Å²) in [6.45, 7) is 4.59. The van der Waals surface area contributed by atoms with Crippen LogP contribution >= 0.6 is 0 Å². The molecule has 3 rings (SSSR count). The van der Waals surface area contributed by atoms with Crippen molar-refractivity contribution in [3.63, 3.8) is 0 Å². The zero-order valence-electron chi connectivity index (χ0n) is 12.0. The van der Waals surface area contributed by atoms with E-state index in [0.717, 1.165) is 13.1 Å². The molecule has 0 radical (unpaired) electrons. The lowest BCUT2D eigenvalue weighted by Gasteiger charge is -2.17. The minimum absolute atomic E-state index is 0.329. The van der Waals surface area contributed by atoms with Crippen molar-refractivity contribution in [2.24, 2.45) is 10.7 Å². The molecule has 0 saturated heterocycles. The Morgan fingerprint density at radius 2 is 1.95 bits per heavy atom. The molecule has 20 heavy (non-hydrogen) atoms. The number of aliphatic imine (C=N–C) groups is 1. The number of rotatable bonds is 2. The molecule has 0 bridgehead atoms. The Morgan fingerprint density at radius 3 is 2.50 bits per heavy atom. The third-order valence-corrected chi connectivity index (χ3v) is 3.26. The molecule has 0 aromatic heterocycles. The second-order valence-corrected chi connectivity index (χ2v) is 4.61. The van der Waals surface area contributed by atoms with Crippen molar-refractivity contribution in [3.05, 3.63) is 42.5 Å². The van der Waals surface area contributed by atoms with Crippen LogP contribution in [0.1, 0.15) is 6.92 Å². The van der Waals surface area contributed by atoms with E-state index in [-0.39, 0.29) is 0 Å². The Bertz CT molecular complexity index is 595. The molecule has 0 spiro atoms. The fourth-order valence-corrected chi connectivity index (χ4v) is 1.95. The molecule has 0 saturated carbocycles. The Kier molecular flexibility index (Phi) is 4.82. The predicted molar refractivity (Wildman–Crippen MR) is 85.3 cm³/mol. The molecule has 0 aliphatic carbocycles. The molecule has 0 amide bonds. The lowest BCUT2D eigenvalue weighted by Crippen LogP contribution is -2.15. The molecule has 0 fully saturated rings. The second-order valence-electron chi connectivity index (χ2n) is 4.61. The summed E-state index contributed by atoms with van der Waals surface area (Å²) < 4.78 is 4.68.